The Kier molecular flexibility index (Phi) is 6.79. The van der Waals surface area contributed by atoms with Crippen LogP contribution in [-0.2, 0) is 26.5 Å². The Balaban J connectivity index is 0.000000188. The Morgan fingerprint density at radius 3 is 1.86 bits per heavy atom. The first-order valence-corrected chi connectivity index (χ1v) is 13.8. The van der Waals surface area contributed by atoms with E-state index in [4.69, 9.17) is 4.98 Å². The van der Waals surface area contributed by atoms with Crippen molar-refractivity contribution in [2.75, 3.05) is 0 Å². The van der Waals surface area contributed by atoms with Crippen molar-refractivity contribution in [1.29, 1.82) is 0 Å². The summed E-state index contributed by atoms with van der Waals surface area (Å²) in [4.78, 5) is 13.4. The van der Waals surface area contributed by atoms with Crippen LogP contribution in [0.4, 0.5) is 0 Å². The molecule has 201 valence electrons. The van der Waals surface area contributed by atoms with Gasteiger partial charge in [-0.25, -0.2) is 0 Å². The molecule has 42 heavy (non-hydrogen) atoms. The van der Waals surface area contributed by atoms with Crippen molar-refractivity contribution < 1.29 is 20.1 Å². The van der Waals surface area contributed by atoms with E-state index in [0.29, 0.717) is 0 Å². The summed E-state index contributed by atoms with van der Waals surface area (Å²) in [7, 11) is 0. The molecule has 9 rings (SSSR count). The van der Waals surface area contributed by atoms with Gasteiger partial charge in [-0.15, -0.1) is 29.3 Å². The largest absolute Gasteiger partial charge is 0.296 e. The minimum Gasteiger partial charge on any atom is -0.296 e. The van der Waals surface area contributed by atoms with Gasteiger partial charge in [0.05, 0.1) is 16.9 Å². The number of hydrogen-bond donors (Lipinski definition) is 0. The Morgan fingerprint density at radius 2 is 1.14 bits per heavy atom. The van der Waals surface area contributed by atoms with E-state index in [1.807, 2.05) is 36.4 Å². The van der Waals surface area contributed by atoms with Crippen LogP contribution in [0.1, 0.15) is 11.1 Å². The van der Waals surface area contributed by atoms with Crippen molar-refractivity contribution in [3.63, 3.8) is 0 Å². The first kappa shape index (κ1) is 26.2. The molecule has 1 radical (unpaired) electrons. The van der Waals surface area contributed by atoms with Crippen LogP contribution in [0, 0.1) is 6.07 Å². The molecule has 3 nitrogen and oxygen atoms in total. The van der Waals surface area contributed by atoms with Crippen LogP contribution in [0.2, 0.25) is 0 Å². The molecular formula is C38H24IrN3-. The number of hydrogen-bond acceptors (Lipinski definition) is 3. The molecule has 0 fully saturated rings. The summed E-state index contributed by atoms with van der Waals surface area (Å²) in [6.07, 6.45) is 4.52. The average molecular weight is 715 g/mol. The predicted molar refractivity (Wildman–Crippen MR) is 166 cm³/mol. The van der Waals surface area contributed by atoms with Crippen LogP contribution in [0.5, 0.6) is 0 Å². The van der Waals surface area contributed by atoms with Crippen molar-refractivity contribution in [2.24, 2.45) is 0 Å². The second-order valence-corrected chi connectivity index (χ2v) is 10.3. The van der Waals surface area contributed by atoms with E-state index < -0.39 is 0 Å². The molecule has 0 bridgehead atoms. The zero-order valence-electron chi connectivity index (χ0n) is 22.6. The van der Waals surface area contributed by atoms with Crippen LogP contribution in [0.3, 0.4) is 0 Å². The molecule has 3 heterocycles. The summed E-state index contributed by atoms with van der Waals surface area (Å²) >= 11 is 0. The van der Waals surface area contributed by atoms with E-state index in [2.05, 4.69) is 101 Å². The molecule has 2 aliphatic rings. The zero-order chi connectivity index (χ0) is 27.2. The molecule has 0 saturated heterocycles. The number of pyridine rings is 3. The van der Waals surface area contributed by atoms with Gasteiger partial charge in [-0.1, -0.05) is 90.0 Å². The summed E-state index contributed by atoms with van der Waals surface area (Å²) in [5, 5.41) is 1.27. The van der Waals surface area contributed by atoms with Gasteiger partial charge < -0.3 is 0 Å². The first-order chi connectivity index (χ1) is 20.3. The van der Waals surface area contributed by atoms with Gasteiger partial charge in [0.1, 0.15) is 0 Å². The van der Waals surface area contributed by atoms with Gasteiger partial charge in [-0.2, -0.15) is 0 Å². The monoisotopic (exact) mass is 715 g/mol. The number of nitrogens with zero attached hydrogens (tertiary/aromatic N) is 3. The van der Waals surface area contributed by atoms with Crippen LogP contribution in [0.25, 0.3) is 66.9 Å². The maximum absolute atomic E-state index is 5.03. The van der Waals surface area contributed by atoms with Crippen molar-refractivity contribution in [3.05, 3.63) is 151 Å². The summed E-state index contributed by atoms with van der Waals surface area (Å²) in [5.41, 5.74) is 15.6. The van der Waals surface area contributed by atoms with Crippen LogP contribution in [-0.4, -0.2) is 15.0 Å². The van der Waals surface area contributed by atoms with Gasteiger partial charge in [-0.05, 0) is 70.3 Å². The fourth-order valence-corrected chi connectivity index (χ4v) is 6.07. The summed E-state index contributed by atoms with van der Waals surface area (Å²) < 4.78 is 0. The van der Waals surface area contributed by atoms with Gasteiger partial charge in [-0.3, -0.25) is 15.0 Å². The van der Waals surface area contributed by atoms with Gasteiger partial charge >= 0.3 is 0 Å². The van der Waals surface area contributed by atoms with Crippen molar-refractivity contribution in [2.45, 2.75) is 6.42 Å². The quantitative estimate of drug-likeness (QED) is 0.168. The van der Waals surface area contributed by atoms with Gasteiger partial charge in [0, 0.05) is 37.9 Å². The maximum Gasteiger partial charge on any atom is 0.0886 e. The fourth-order valence-electron chi connectivity index (χ4n) is 6.07. The minimum absolute atomic E-state index is 0. The molecule has 3 aromatic heterocycles. The van der Waals surface area contributed by atoms with Crippen LogP contribution in [0.15, 0.2) is 134 Å². The Hall–Kier alpha value is -4.76. The van der Waals surface area contributed by atoms with E-state index in [-0.39, 0.29) is 20.1 Å². The standard InChI is InChI=1S/C28H16N.C10H8N2.Ir/c1-2-7-20-17(6-1)14-19-15-18(12-13-21(19)20)27-16-25-23-9-4-3-8-22(23)24-10-5-11-26(29-27)28(24)25;1-3-7-11-9(5-1)10-6-2-4-8-12-10;/h1-11,13,15-16H,14H2;1-8H;/q-1;;. The first-order valence-electron chi connectivity index (χ1n) is 13.8. The van der Waals surface area contributed by atoms with Crippen molar-refractivity contribution in [3.8, 4) is 56.0 Å². The van der Waals surface area contributed by atoms with Crippen molar-refractivity contribution >= 4 is 10.9 Å². The zero-order valence-corrected chi connectivity index (χ0v) is 25.0. The van der Waals surface area contributed by atoms with E-state index in [0.717, 1.165) is 34.6 Å². The average Bonchev–Trinajstić information content (AvgIpc) is 3.59. The third-order valence-electron chi connectivity index (χ3n) is 7.93. The Labute approximate surface area is 258 Å². The normalized spacial score (nSPS) is 11.5. The molecule has 0 spiro atoms. The molecule has 2 aliphatic carbocycles. The number of aromatic nitrogens is 3. The van der Waals surface area contributed by atoms with E-state index in [1.54, 1.807) is 12.4 Å². The van der Waals surface area contributed by atoms with E-state index in [1.165, 1.54) is 49.9 Å². The van der Waals surface area contributed by atoms with E-state index in [9.17, 15) is 0 Å². The molecule has 4 aromatic carbocycles. The molecule has 0 unspecified atom stereocenters. The fraction of sp³-hybridized carbons (Fsp3) is 0.0263. The van der Waals surface area contributed by atoms with E-state index >= 15 is 0 Å². The third kappa shape index (κ3) is 4.46. The molecular weight excluding hydrogens is 691 g/mol. The van der Waals surface area contributed by atoms with Gasteiger partial charge in [0.25, 0.3) is 0 Å². The van der Waals surface area contributed by atoms with Crippen LogP contribution >= 0.6 is 0 Å². The maximum atomic E-state index is 5.03. The van der Waals surface area contributed by atoms with Gasteiger partial charge in [0.2, 0.25) is 0 Å². The predicted octanol–water partition coefficient (Wildman–Crippen LogP) is 9.06. The summed E-state index contributed by atoms with van der Waals surface area (Å²) in [6, 6.07) is 45.6. The number of rotatable bonds is 2. The topological polar surface area (TPSA) is 38.7 Å². The summed E-state index contributed by atoms with van der Waals surface area (Å²) in [6.45, 7) is 0. The van der Waals surface area contributed by atoms with Crippen molar-refractivity contribution in [1.82, 2.24) is 15.0 Å². The molecule has 0 aliphatic heterocycles. The minimum atomic E-state index is 0. The molecule has 7 aromatic rings. The molecule has 0 atom stereocenters. The van der Waals surface area contributed by atoms with Gasteiger partial charge in [0.15, 0.2) is 0 Å². The molecule has 4 heteroatoms. The van der Waals surface area contributed by atoms with Crippen LogP contribution < -0.4 is 0 Å². The smallest absolute Gasteiger partial charge is 0.0886 e. The Bertz CT molecular complexity index is 2030. The number of benzene rings is 4. The SMILES string of the molecule is [Ir].[c-]1cc2c(cc1-c1cc3c4c(cccc4n1)-c1ccccc1-3)Cc1ccccc1-2.c1ccc(-c2ccccn2)nc1. The second-order valence-electron chi connectivity index (χ2n) is 10.3. The third-order valence-corrected chi connectivity index (χ3v) is 7.93. The molecule has 0 N–H and O–H groups in total. The summed E-state index contributed by atoms with van der Waals surface area (Å²) in [5.74, 6) is 0. The molecule has 0 saturated carbocycles. The number of fused-ring (bicyclic) bond motifs is 6. The Morgan fingerprint density at radius 1 is 0.500 bits per heavy atom. The second kappa shape index (κ2) is 10.9. The molecule has 0 amide bonds.